The number of hydrogen-bond donors (Lipinski definition) is 2. The lowest BCUT2D eigenvalue weighted by Gasteiger charge is -2.21. The zero-order valence-electron chi connectivity index (χ0n) is 11.4. The molecule has 1 atom stereocenters. The predicted octanol–water partition coefficient (Wildman–Crippen LogP) is 2.62. The standard InChI is InChI=1S/C12H24NO4P/c1-4-16-18(15,17-5-2)12-8-6-7-11(12)13-10(3)9-14/h10,13-14H,4-9H2,1-3H3. The Morgan fingerprint density at radius 2 is 1.94 bits per heavy atom. The first-order valence-electron chi connectivity index (χ1n) is 6.56. The second-order valence-corrected chi connectivity index (χ2v) is 6.39. The van der Waals surface area contributed by atoms with E-state index < -0.39 is 7.60 Å². The molecule has 0 bridgehead atoms. The van der Waals surface area contributed by atoms with Gasteiger partial charge in [-0.3, -0.25) is 4.57 Å². The van der Waals surface area contributed by atoms with Crippen molar-refractivity contribution in [3.8, 4) is 0 Å². The highest BCUT2D eigenvalue weighted by atomic mass is 31.2. The number of allylic oxidation sites excluding steroid dienone is 2. The van der Waals surface area contributed by atoms with E-state index in [0.717, 1.165) is 30.3 Å². The van der Waals surface area contributed by atoms with Crippen LogP contribution in [0.5, 0.6) is 0 Å². The Kier molecular flexibility index (Phi) is 6.36. The van der Waals surface area contributed by atoms with Gasteiger partial charge in [-0.05, 0) is 40.0 Å². The second kappa shape index (κ2) is 7.29. The summed E-state index contributed by atoms with van der Waals surface area (Å²) in [6.45, 7) is 6.28. The molecule has 0 amide bonds. The molecule has 0 saturated carbocycles. The van der Waals surface area contributed by atoms with E-state index in [4.69, 9.17) is 14.2 Å². The third-order valence-corrected chi connectivity index (χ3v) is 5.16. The third-order valence-electron chi connectivity index (χ3n) is 2.81. The summed E-state index contributed by atoms with van der Waals surface area (Å²) in [5.74, 6) is 0. The summed E-state index contributed by atoms with van der Waals surface area (Å²) in [5.41, 5.74) is 0.918. The van der Waals surface area contributed by atoms with Crippen LogP contribution < -0.4 is 5.32 Å². The van der Waals surface area contributed by atoms with Crippen molar-refractivity contribution in [2.45, 2.75) is 46.1 Å². The molecule has 1 unspecified atom stereocenters. The summed E-state index contributed by atoms with van der Waals surface area (Å²) >= 11 is 0. The number of nitrogens with one attached hydrogen (secondary N) is 1. The fourth-order valence-corrected chi connectivity index (χ4v) is 4.07. The molecule has 0 spiro atoms. The Balaban J connectivity index is 2.93. The molecule has 0 saturated heterocycles. The van der Waals surface area contributed by atoms with Crippen molar-refractivity contribution >= 4 is 7.60 Å². The van der Waals surface area contributed by atoms with Gasteiger partial charge in [0.15, 0.2) is 0 Å². The average Bonchev–Trinajstić information content (AvgIpc) is 2.78. The van der Waals surface area contributed by atoms with Crippen molar-refractivity contribution in [2.24, 2.45) is 0 Å². The molecule has 1 aliphatic rings. The summed E-state index contributed by atoms with van der Waals surface area (Å²) in [6, 6.07) is -0.0511. The Morgan fingerprint density at radius 3 is 2.44 bits per heavy atom. The monoisotopic (exact) mass is 277 g/mol. The maximum absolute atomic E-state index is 12.7. The fourth-order valence-electron chi connectivity index (χ4n) is 2.06. The molecule has 6 heteroatoms. The van der Waals surface area contributed by atoms with Crippen molar-refractivity contribution in [2.75, 3.05) is 19.8 Å². The predicted molar refractivity (Wildman–Crippen MR) is 71.4 cm³/mol. The van der Waals surface area contributed by atoms with Gasteiger partial charge < -0.3 is 19.5 Å². The molecule has 106 valence electrons. The largest absolute Gasteiger partial charge is 0.394 e. The van der Waals surface area contributed by atoms with E-state index in [1.54, 1.807) is 0 Å². The molecule has 0 aromatic rings. The lowest BCUT2D eigenvalue weighted by Crippen LogP contribution is -2.28. The molecular weight excluding hydrogens is 253 g/mol. The van der Waals surface area contributed by atoms with Crippen LogP contribution in [0.25, 0.3) is 0 Å². The maximum Gasteiger partial charge on any atom is 0.359 e. The highest BCUT2D eigenvalue weighted by Gasteiger charge is 2.35. The van der Waals surface area contributed by atoms with E-state index in [0.29, 0.717) is 13.2 Å². The normalized spacial score (nSPS) is 18.2. The van der Waals surface area contributed by atoms with Crippen LogP contribution in [-0.2, 0) is 13.6 Å². The SMILES string of the molecule is CCOP(=O)(OCC)C1=C(NC(C)CO)CCC1. The van der Waals surface area contributed by atoms with Crippen LogP contribution in [0.3, 0.4) is 0 Å². The molecule has 2 N–H and O–H groups in total. The summed E-state index contributed by atoms with van der Waals surface area (Å²) in [6.07, 6.45) is 2.52. The lowest BCUT2D eigenvalue weighted by atomic mass is 10.3. The van der Waals surface area contributed by atoms with Crippen molar-refractivity contribution in [3.63, 3.8) is 0 Å². The molecule has 0 fully saturated rings. The Bertz CT molecular complexity index is 333. The van der Waals surface area contributed by atoms with Gasteiger partial charge in [-0.25, -0.2) is 0 Å². The van der Waals surface area contributed by atoms with Crippen LogP contribution in [0.15, 0.2) is 11.0 Å². The first-order chi connectivity index (χ1) is 8.57. The van der Waals surface area contributed by atoms with Gasteiger partial charge in [0.05, 0.1) is 25.1 Å². The van der Waals surface area contributed by atoms with Gasteiger partial charge in [0.25, 0.3) is 0 Å². The summed E-state index contributed by atoms with van der Waals surface area (Å²) < 4.78 is 23.4. The molecule has 1 aliphatic carbocycles. The van der Waals surface area contributed by atoms with Gasteiger partial charge in [0.1, 0.15) is 0 Å². The van der Waals surface area contributed by atoms with Gasteiger partial charge >= 0.3 is 7.60 Å². The minimum atomic E-state index is -3.15. The molecule has 0 aromatic carbocycles. The third kappa shape index (κ3) is 3.82. The minimum Gasteiger partial charge on any atom is -0.394 e. The molecule has 1 rings (SSSR count). The molecule has 0 aromatic heterocycles. The summed E-state index contributed by atoms with van der Waals surface area (Å²) in [4.78, 5) is 0. The minimum absolute atomic E-state index is 0.0460. The van der Waals surface area contributed by atoms with Crippen molar-refractivity contribution < 1.29 is 18.7 Å². The zero-order valence-corrected chi connectivity index (χ0v) is 12.3. The molecule has 0 heterocycles. The Morgan fingerprint density at radius 1 is 1.33 bits per heavy atom. The van der Waals surface area contributed by atoms with Crippen LogP contribution in [0.1, 0.15) is 40.0 Å². The smallest absolute Gasteiger partial charge is 0.359 e. The van der Waals surface area contributed by atoms with Crippen LogP contribution >= 0.6 is 7.60 Å². The average molecular weight is 277 g/mol. The van der Waals surface area contributed by atoms with Crippen molar-refractivity contribution in [3.05, 3.63) is 11.0 Å². The molecule has 5 nitrogen and oxygen atoms in total. The number of rotatable bonds is 8. The number of aliphatic hydroxyl groups excluding tert-OH is 1. The molecule has 0 aliphatic heterocycles. The molecule has 0 radical (unpaired) electrons. The van der Waals surface area contributed by atoms with Gasteiger partial charge in [-0.15, -0.1) is 0 Å². The van der Waals surface area contributed by atoms with Crippen LogP contribution in [0.4, 0.5) is 0 Å². The van der Waals surface area contributed by atoms with Crippen molar-refractivity contribution in [1.29, 1.82) is 0 Å². The Labute approximate surface area is 109 Å². The van der Waals surface area contributed by atoms with Crippen molar-refractivity contribution in [1.82, 2.24) is 5.32 Å². The second-order valence-electron chi connectivity index (χ2n) is 4.34. The van der Waals surface area contributed by atoms with Crippen LogP contribution in [0, 0.1) is 0 Å². The number of hydrogen-bond acceptors (Lipinski definition) is 5. The quantitative estimate of drug-likeness (QED) is 0.667. The lowest BCUT2D eigenvalue weighted by molar-refractivity contribution is 0.225. The van der Waals surface area contributed by atoms with Crippen LogP contribution in [0.2, 0.25) is 0 Å². The highest BCUT2D eigenvalue weighted by Crippen LogP contribution is 2.60. The van der Waals surface area contributed by atoms with E-state index >= 15 is 0 Å². The first-order valence-corrected chi connectivity index (χ1v) is 8.10. The topological polar surface area (TPSA) is 67.8 Å². The zero-order chi connectivity index (χ0) is 13.6. The molecular formula is C12H24NO4P. The maximum atomic E-state index is 12.7. The van der Waals surface area contributed by atoms with E-state index in [2.05, 4.69) is 5.32 Å². The van der Waals surface area contributed by atoms with E-state index in [1.807, 2.05) is 20.8 Å². The molecule has 18 heavy (non-hydrogen) atoms. The van der Waals surface area contributed by atoms with Gasteiger partial charge in [-0.1, -0.05) is 0 Å². The first kappa shape index (κ1) is 15.7. The Hall–Kier alpha value is -0.350. The van der Waals surface area contributed by atoms with Gasteiger partial charge in [0.2, 0.25) is 0 Å². The summed E-state index contributed by atoms with van der Waals surface area (Å²) in [7, 11) is -3.15. The number of aliphatic hydroxyl groups is 1. The van der Waals surface area contributed by atoms with Gasteiger partial charge in [-0.2, -0.15) is 0 Å². The van der Waals surface area contributed by atoms with Crippen LogP contribution in [-0.4, -0.2) is 31.0 Å². The van der Waals surface area contributed by atoms with E-state index in [-0.39, 0.29) is 12.6 Å². The van der Waals surface area contributed by atoms with E-state index in [1.165, 1.54) is 0 Å². The fraction of sp³-hybridized carbons (Fsp3) is 0.833. The van der Waals surface area contributed by atoms with E-state index in [9.17, 15) is 4.57 Å². The summed E-state index contributed by atoms with van der Waals surface area (Å²) in [5, 5.41) is 13.0. The highest BCUT2D eigenvalue weighted by molar-refractivity contribution is 7.58. The van der Waals surface area contributed by atoms with Gasteiger partial charge in [0, 0.05) is 11.7 Å².